The highest BCUT2D eigenvalue weighted by atomic mass is 79.9. The van der Waals surface area contributed by atoms with Gasteiger partial charge in [0.15, 0.2) is 11.5 Å². The van der Waals surface area contributed by atoms with Gasteiger partial charge in [-0.2, -0.15) is 5.10 Å². The summed E-state index contributed by atoms with van der Waals surface area (Å²) in [5.74, 6) is -1.16. The lowest BCUT2D eigenvalue weighted by Gasteiger charge is -2.06. The van der Waals surface area contributed by atoms with Crippen LogP contribution in [0.3, 0.4) is 0 Å². The molecular weight excluding hydrogens is 446 g/mol. The number of carbonyl (C=O) groups excluding carboxylic acids is 3. The number of nitrogens with zero attached hydrogens (tertiary/aromatic N) is 1. The summed E-state index contributed by atoms with van der Waals surface area (Å²) in [6, 6.07) is 9.36. The van der Waals surface area contributed by atoms with Crippen LogP contribution < -0.4 is 20.2 Å². The van der Waals surface area contributed by atoms with Crippen LogP contribution in [0.1, 0.15) is 22.8 Å². The first-order chi connectivity index (χ1) is 14.0. The molecule has 0 atom stereocenters. The number of carbonyl (C=O) groups is 3. The number of hydrogen-bond donors (Lipinski definition) is 2. The maximum absolute atomic E-state index is 12.0. The summed E-state index contributed by atoms with van der Waals surface area (Å²) in [5.41, 5.74) is 3.46. The van der Waals surface area contributed by atoms with Crippen LogP contribution in [-0.4, -0.2) is 37.4 Å². The molecule has 2 amide bonds. The maximum atomic E-state index is 12.0. The Kier molecular flexibility index (Phi) is 6.45. The van der Waals surface area contributed by atoms with Gasteiger partial charge in [-0.25, -0.2) is 10.2 Å². The predicted octanol–water partition coefficient (Wildman–Crippen LogP) is 2.44. The SMILES string of the molecule is CCOC(=O)c1ccc(NC(=O)C(=O)N/N=C\c2cc3c(cc2Br)OCO3)cc1. The second-order valence-corrected chi connectivity index (χ2v) is 6.53. The number of amides is 2. The molecule has 0 unspecified atom stereocenters. The third-order valence-electron chi connectivity index (χ3n) is 3.72. The lowest BCUT2D eigenvalue weighted by molar-refractivity contribution is -0.136. The van der Waals surface area contributed by atoms with Gasteiger partial charge in [0.25, 0.3) is 0 Å². The fourth-order valence-electron chi connectivity index (χ4n) is 2.33. The van der Waals surface area contributed by atoms with E-state index >= 15 is 0 Å². The molecule has 1 aliphatic heterocycles. The second kappa shape index (κ2) is 9.20. The third kappa shape index (κ3) is 5.11. The molecule has 2 aromatic carbocycles. The predicted molar refractivity (Wildman–Crippen MR) is 107 cm³/mol. The van der Waals surface area contributed by atoms with Crippen molar-refractivity contribution in [3.05, 3.63) is 52.0 Å². The van der Waals surface area contributed by atoms with E-state index in [1.165, 1.54) is 30.5 Å². The average Bonchev–Trinajstić information content (AvgIpc) is 3.15. The zero-order valence-corrected chi connectivity index (χ0v) is 16.8. The van der Waals surface area contributed by atoms with Gasteiger partial charge in [-0.15, -0.1) is 0 Å². The van der Waals surface area contributed by atoms with Crippen LogP contribution in [0.4, 0.5) is 5.69 Å². The van der Waals surface area contributed by atoms with Crippen molar-refractivity contribution in [3.63, 3.8) is 0 Å². The lowest BCUT2D eigenvalue weighted by Crippen LogP contribution is -2.32. The van der Waals surface area contributed by atoms with Crippen molar-refractivity contribution in [1.29, 1.82) is 0 Å². The van der Waals surface area contributed by atoms with Crippen LogP contribution in [0.5, 0.6) is 11.5 Å². The smallest absolute Gasteiger partial charge is 0.338 e. The van der Waals surface area contributed by atoms with Gasteiger partial charge in [0.1, 0.15) is 0 Å². The number of ether oxygens (including phenoxy) is 3. The molecule has 0 saturated carbocycles. The minimum atomic E-state index is -0.951. The van der Waals surface area contributed by atoms with Gasteiger partial charge in [0.05, 0.1) is 18.4 Å². The molecule has 0 saturated heterocycles. The molecule has 0 aliphatic carbocycles. The second-order valence-electron chi connectivity index (χ2n) is 5.68. The molecule has 1 aliphatic rings. The number of benzene rings is 2. The molecule has 29 heavy (non-hydrogen) atoms. The summed E-state index contributed by atoms with van der Waals surface area (Å²) in [4.78, 5) is 35.5. The molecule has 0 aromatic heterocycles. The van der Waals surface area contributed by atoms with Crippen molar-refractivity contribution >= 4 is 45.6 Å². The summed E-state index contributed by atoms with van der Waals surface area (Å²) in [6.45, 7) is 2.11. The number of fused-ring (bicyclic) bond motifs is 1. The van der Waals surface area contributed by atoms with E-state index in [-0.39, 0.29) is 13.4 Å². The number of hydrazone groups is 1. The van der Waals surface area contributed by atoms with Gasteiger partial charge in [-0.05, 0) is 59.3 Å². The minimum Gasteiger partial charge on any atom is -0.462 e. The van der Waals surface area contributed by atoms with E-state index in [0.29, 0.717) is 32.8 Å². The molecule has 9 nitrogen and oxygen atoms in total. The number of anilines is 1. The third-order valence-corrected chi connectivity index (χ3v) is 4.41. The number of nitrogens with one attached hydrogen (secondary N) is 2. The van der Waals surface area contributed by atoms with Crippen LogP contribution in [0.25, 0.3) is 0 Å². The monoisotopic (exact) mass is 461 g/mol. The van der Waals surface area contributed by atoms with Crippen molar-refractivity contribution in [2.45, 2.75) is 6.92 Å². The average molecular weight is 462 g/mol. The quantitative estimate of drug-likeness (QED) is 0.305. The standard InChI is InChI=1S/C19H16BrN3O6/c1-2-27-19(26)11-3-5-13(6-4-11)22-17(24)18(25)23-21-9-12-7-15-16(8-14(12)20)29-10-28-15/h3-9H,2,10H2,1H3,(H,22,24)(H,23,25)/b21-9-. The molecule has 0 bridgehead atoms. The Labute approximate surface area is 174 Å². The summed E-state index contributed by atoms with van der Waals surface area (Å²) < 4.78 is 16.1. The van der Waals surface area contributed by atoms with E-state index in [1.54, 1.807) is 19.1 Å². The summed E-state index contributed by atoms with van der Waals surface area (Å²) in [5, 5.41) is 6.19. The number of esters is 1. The Morgan fingerprint density at radius 1 is 1.14 bits per heavy atom. The summed E-state index contributed by atoms with van der Waals surface area (Å²) in [6.07, 6.45) is 1.37. The molecule has 10 heteroatoms. The van der Waals surface area contributed by atoms with E-state index in [0.717, 1.165) is 0 Å². The van der Waals surface area contributed by atoms with Crippen LogP contribution in [0.2, 0.25) is 0 Å². The fraction of sp³-hybridized carbons (Fsp3) is 0.158. The number of rotatable bonds is 5. The lowest BCUT2D eigenvalue weighted by atomic mass is 10.2. The molecule has 0 spiro atoms. The molecule has 3 rings (SSSR count). The first-order valence-electron chi connectivity index (χ1n) is 8.48. The first-order valence-corrected chi connectivity index (χ1v) is 9.28. The zero-order chi connectivity index (χ0) is 20.8. The Morgan fingerprint density at radius 2 is 1.83 bits per heavy atom. The van der Waals surface area contributed by atoms with Crippen molar-refractivity contribution in [2.75, 3.05) is 18.7 Å². The van der Waals surface area contributed by atoms with Gasteiger partial charge in [0.2, 0.25) is 6.79 Å². The van der Waals surface area contributed by atoms with Crippen molar-refractivity contribution < 1.29 is 28.6 Å². The molecule has 2 aromatic rings. The highest BCUT2D eigenvalue weighted by Crippen LogP contribution is 2.36. The summed E-state index contributed by atoms with van der Waals surface area (Å²) in [7, 11) is 0. The van der Waals surface area contributed by atoms with Gasteiger partial charge in [0, 0.05) is 15.7 Å². The first kappa shape index (κ1) is 20.3. The fourth-order valence-corrected chi connectivity index (χ4v) is 2.76. The van der Waals surface area contributed by atoms with Crippen molar-refractivity contribution in [2.24, 2.45) is 5.10 Å². The van der Waals surface area contributed by atoms with Crippen LogP contribution in [0.15, 0.2) is 46.0 Å². The largest absolute Gasteiger partial charge is 0.462 e. The Morgan fingerprint density at radius 3 is 2.52 bits per heavy atom. The van der Waals surface area contributed by atoms with E-state index in [2.05, 4.69) is 31.8 Å². The minimum absolute atomic E-state index is 0.139. The zero-order valence-electron chi connectivity index (χ0n) is 15.2. The van der Waals surface area contributed by atoms with Gasteiger partial charge < -0.3 is 19.5 Å². The van der Waals surface area contributed by atoms with Crippen LogP contribution in [0, 0.1) is 0 Å². The molecule has 1 heterocycles. The van der Waals surface area contributed by atoms with Gasteiger partial charge >= 0.3 is 17.8 Å². The highest BCUT2D eigenvalue weighted by Gasteiger charge is 2.16. The van der Waals surface area contributed by atoms with Gasteiger partial charge in [-0.3, -0.25) is 9.59 Å². The summed E-state index contributed by atoms with van der Waals surface area (Å²) >= 11 is 3.36. The Balaban J connectivity index is 1.55. The van der Waals surface area contributed by atoms with E-state index in [9.17, 15) is 14.4 Å². The topological polar surface area (TPSA) is 115 Å². The molecular formula is C19H16BrN3O6. The Hall–Kier alpha value is -3.40. The van der Waals surface area contributed by atoms with E-state index < -0.39 is 17.8 Å². The molecule has 2 N–H and O–H groups in total. The normalized spacial score (nSPS) is 11.9. The highest BCUT2D eigenvalue weighted by molar-refractivity contribution is 9.10. The van der Waals surface area contributed by atoms with Crippen molar-refractivity contribution in [3.8, 4) is 11.5 Å². The Bertz CT molecular complexity index is 975. The van der Waals surface area contributed by atoms with Crippen LogP contribution >= 0.6 is 15.9 Å². The van der Waals surface area contributed by atoms with Crippen molar-refractivity contribution in [1.82, 2.24) is 5.43 Å². The van der Waals surface area contributed by atoms with E-state index in [1.807, 2.05) is 0 Å². The van der Waals surface area contributed by atoms with Crippen LogP contribution in [-0.2, 0) is 14.3 Å². The number of halogens is 1. The number of hydrogen-bond acceptors (Lipinski definition) is 7. The maximum Gasteiger partial charge on any atom is 0.338 e. The van der Waals surface area contributed by atoms with Gasteiger partial charge in [-0.1, -0.05) is 0 Å². The molecule has 0 radical (unpaired) electrons. The molecule has 150 valence electrons. The molecule has 0 fully saturated rings. The van der Waals surface area contributed by atoms with E-state index in [4.69, 9.17) is 14.2 Å².